The summed E-state index contributed by atoms with van der Waals surface area (Å²) in [6.07, 6.45) is 5.94. The molecule has 6 atom stereocenters. The summed E-state index contributed by atoms with van der Waals surface area (Å²) < 4.78 is 74.6. The predicted molar refractivity (Wildman–Crippen MR) is 267 cm³/mol. The standard InChI is InChI=1S/C54H70F4N8O9/c1-32-28-36(55)12-19-41(32)46-33(2)53(3,54(56,57)58)75-48(46)52(72)65-38-20-24-60-43(29-38)51(71)62-23-7-22-61-49(69)34-10-13-37(14-11-34)64-44(67)9-6-26-73-39-15-17-40(18-16-39)74-27-25-63-50(70)42-30-45(68)66(4)47(42)35-8-5-21-59-31-35/h5,8,12,19-21,24,28-29,31,33-34,37,39-40,42,46-48H,6-7,9-11,13-18,22-23,25-27,30H2,1-4H3,(H,61,69)(H,62,71)(H,63,70)(H,64,67)(H,60,65,72)/t33-,34?,37?,39?,40?,42-,46-,47+,48+,53+/m0/s1. The second-order valence-electron chi connectivity index (χ2n) is 20.5. The fourth-order valence-corrected chi connectivity index (χ4v) is 10.9. The van der Waals surface area contributed by atoms with Gasteiger partial charge in [-0.25, -0.2) is 4.39 Å². The molecule has 0 spiro atoms. The summed E-state index contributed by atoms with van der Waals surface area (Å²) in [6, 6.07) is 9.71. The number of benzene rings is 1. The first kappa shape index (κ1) is 56.7. The molecule has 4 aliphatic rings. The summed E-state index contributed by atoms with van der Waals surface area (Å²) in [5, 5.41) is 14.3. The number of aryl methyl sites for hydroxylation is 1. The van der Waals surface area contributed by atoms with Crippen molar-refractivity contribution in [3.05, 3.63) is 89.3 Å². The summed E-state index contributed by atoms with van der Waals surface area (Å²) in [5.41, 5.74) is -1.04. The highest BCUT2D eigenvalue weighted by atomic mass is 19.4. The van der Waals surface area contributed by atoms with Crippen molar-refractivity contribution in [3.8, 4) is 0 Å². The van der Waals surface area contributed by atoms with Gasteiger partial charge in [-0.2, -0.15) is 13.2 Å². The van der Waals surface area contributed by atoms with Crippen molar-refractivity contribution in [2.45, 2.75) is 146 Å². The number of aromatic nitrogens is 2. The Bertz CT molecular complexity index is 2470. The molecule has 0 unspecified atom stereocenters. The van der Waals surface area contributed by atoms with Gasteiger partial charge in [-0.3, -0.25) is 38.7 Å². The van der Waals surface area contributed by atoms with Gasteiger partial charge in [-0.15, -0.1) is 0 Å². The van der Waals surface area contributed by atoms with E-state index in [4.69, 9.17) is 14.2 Å². The lowest BCUT2D eigenvalue weighted by atomic mass is 9.76. The molecule has 2 aromatic heterocycles. The van der Waals surface area contributed by atoms with Crippen LogP contribution in [0, 0.1) is 30.5 Å². The van der Waals surface area contributed by atoms with E-state index in [0.29, 0.717) is 82.4 Å². The Morgan fingerprint density at radius 3 is 2.21 bits per heavy atom. The normalized spacial score (nSPS) is 26.9. The predicted octanol–water partition coefficient (Wildman–Crippen LogP) is 6.37. The number of hydrogen-bond acceptors (Lipinski definition) is 11. The average Bonchev–Trinajstić information content (AvgIpc) is 3.89. The number of likely N-dealkylation sites (tertiary alicyclic amines) is 1. The summed E-state index contributed by atoms with van der Waals surface area (Å²) >= 11 is 0. The van der Waals surface area contributed by atoms with E-state index in [-0.39, 0.29) is 78.2 Å². The van der Waals surface area contributed by atoms with Gasteiger partial charge in [0.2, 0.25) is 23.6 Å². The number of nitrogens with zero attached hydrogens (tertiary/aromatic N) is 3. The summed E-state index contributed by atoms with van der Waals surface area (Å²) in [4.78, 5) is 87.6. The van der Waals surface area contributed by atoms with Crippen LogP contribution in [0.1, 0.15) is 130 Å². The molecule has 21 heteroatoms. The molecule has 2 saturated carbocycles. The second kappa shape index (κ2) is 25.7. The van der Waals surface area contributed by atoms with E-state index >= 15 is 0 Å². The SMILES string of the molecule is Cc1cc(F)ccc1[C@H]1[C@H](C(=O)Nc2ccnc(C(=O)NCCCNC(=O)C3CCC(NC(=O)CCCOC4CCC(OCCNC(=O)[C@H]5CC(=O)N(C)[C@@H]5c5cccnc5)CC4)CC3)c2)O[C@@](C)(C(F)(F)F)[C@H]1C. The molecule has 17 nitrogen and oxygen atoms in total. The van der Waals surface area contributed by atoms with Gasteiger partial charge in [-0.1, -0.05) is 19.1 Å². The van der Waals surface area contributed by atoms with Gasteiger partial charge >= 0.3 is 6.18 Å². The van der Waals surface area contributed by atoms with Crippen molar-refractivity contribution in [2.75, 3.05) is 45.2 Å². The topological polar surface area (TPSA) is 219 Å². The molecule has 408 valence electrons. The van der Waals surface area contributed by atoms with E-state index in [2.05, 4.69) is 36.6 Å². The first-order valence-corrected chi connectivity index (χ1v) is 26.1. The number of halogens is 4. The number of amides is 6. The smallest absolute Gasteiger partial charge is 0.378 e. The van der Waals surface area contributed by atoms with Gasteiger partial charge in [-0.05, 0) is 125 Å². The van der Waals surface area contributed by atoms with Gasteiger partial charge in [0.05, 0.1) is 30.8 Å². The second-order valence-corrected chi connectivity index (χ2v) is 20.5. The highest BCUT2D eigenvalue weighted by molar-refractivity contribution is 5.98. The quantitative estimate of drug-likeness (QED) is 0.0583. The summed E-state index contributed by atoms with van der Waals surface area (Å²) in [7, 11) is 1.71. The molecule has 2 aliphatic carbocycles. The monoisotopic (exact) mass is 1050 g/mol. The molecule has 2 aliphatic heterocycles. The molecular weight excluding hydrogens is 981 g/mol. The van der Waals surface area contributed by atoms with Crippen molar-refractivity contribution < 1.29 is 60.5 Å². The molecule has 75 heavy (non-hydrogen) atoms. The number of nitrogens with one attached hydrogen (secondary N) is 5. The fraction of sp³-hybridized carbons (Fsp3) is 0.593. The number of alkyl halides is 3. The fourth-order valence-electron chi connectivity index (χ4n) is 10.9. The molecular formula is C54H70F4N8O9. The number of pyridine rings is 2. The Morgan fingerprint density at radius 2 is 1.53 bits per heavy atom. The maximum Gasteiger partial charge on any atom is 0.417 e. The minimum absolute atomic E-state index is 0.00776. The third-order valence-electron chi connectivity index (χ3n) is 15.4. The van der Waals surface area contributed by atoms with Crippen LogP contribution < -0.4 is 26.6 Å². The van der Waals surface area contributed by atoms with Crippen LogP contribution in [-0.2, 0) is 38.2 Å². The van der Waals surface area contributed by atoms with E-state index < -0.39 is 53.3 Å². The lowest BCUT2D eigenvalue weighted by Gasteiger charge is -2.32. The Balaban J connectivity index is 0.716. The molecule has 0 radical (unpaired) electrons. The zero-order valence-corrected chi connectivity index (χ0v) is 43.0. The first-order chi connectivity index (χ1) is 35.8. The molecule has 5 N–H and O–H groups in total. The van der Waals surface area contributed by atoms with Gasteiger partial charge in [0.25, 0.3) is 11.8 Å². The van der Waals surface area contributed by atoms with Gasteiger partial charge in [0.15, 0.2) is 5.60 Å². The summed E-state index contributed by atoms with van der Waals surface area (Å²) in [6.45, 7) is 5.53. The molecule has 3 aromatic rings. The van der Waals surface area contributed by atoms with Crippen molar-refractivity contribution in [1.29, 1.82) is 0 Å². The lowest BCUT2D eigenvalue weighted by Crippen LogP contribution is -2.47. The van der Waals surface area contributed by atoms with Crippen LogP contribution in [0.4, 0.5) is 23.2 Å². The van der Waals surface area contributed by atoms with Crippen LogP contribution in [-0.4, -0.2) is 126 Å². The number of ether oxygens (including phenoxy) is 3. The van der Waals surface area contributed by atoms with Crippen molar-refractivity contribution in [2.24, 2.45) is 17.8 Å². The maximum atomic E-state index is 14.3. The molecule has 0 bridgehead atoms. The minimum Gasteiger partial charge on any atom is -0.378 e. The van der Waals surface area contributed by atoms with Crippen molar-refractivity contribution in [3.63, 3.8) is 0 Å². The lowest BCUT2D eigenvalue weighted by molar-refractivity contribution is -0.272. The number of anilines is 1. The van der Waals surface area contributed by atoms with Gasteiger partial charge in [0, 0.05) is 94.2 Å². The molecule has 2 saturated heterocycles. The van der Waals surface area contributed by atoms with Crippen LogP contribution in [0.25, 0.3) is 0 Å². The molecule has 4 fully saturated rings. The minimum atomic E-state index is -4.81. The van der Waals surface area contributed by atoms with E-state index in [0.717, 1.165) is 44.2 Å². The highest BCUT2D eigenvalue weighted by Crippen LogP contribution is 2.54. The van der Waals surface area contributed by atoms with Crippen LogP contribution >= 0.6 is 0 Å². The first-order valence-electron chi connectivity index (χ1n) is 26.1. The van der Waals surface area contributed by atoms with E-state index in [1.165, 1.54) is 37.4 Å². The molecule has 7 rings (SSSR count). The third kappa shape index (κ3) is 14.5. The Kier molecular flexibility index (Phi) is 19.4. The highest BCUT2D eigenvalue weighted by Gasteiger charge is 2.65. The third-order valence-corrected chi connectivity index (χ3v) is 15.4. The van der Waals surface area contributed by atoms with Gasteiger partial charge < -0.3 is 45.7 Å². The van der Waals surface area contributed by atoms with E-state index in [1.807, 2.05) is 6.07 Å². The number of hydrogen-bond donors (Lipinski definition) is 5. The van der Waals surface area contributed by atoms with Crippen LogP contribution in [0.15, 0.2) is 61.1 Å². The molecule has 4 heterocycles. The van der Waals surface area contributed by atoms with Crippen molar-refractivity contribution >= 4 is 41.1 Å². The zero-order valence-electron chi connectivity index (χ0n) is 43.0. The zero-order chi connectivity index (χ0) is 53.9. The Hall–Kier alpha value is -6.06. The van der Waals surface area contributed by atoms with Crippen molar-refractivity contribution in [1.82, 2.24) is 36.1 Å². The van der Waals surface area contributed by atoms with E-state index in [9.17, 15) is 46.3 Å². The summed E-state index contributed by atoms with van der Waals surface area (Å²) in [5.74, 6) is -5.31. The van der Waals surface area contributed by atoms with Gasteiger partial charge in [0.1, 0.15) is 17.6 Å². The Labute approximate surface area is 434 Å². The molecule has 6 amide bonds. The average molecular weight is 1050 g/mol. The number of rotatable bonds is 21. The number of carbonyl (C=O) groups excluding carboxylic acids is 6. The maximum absolute atomic E-state index is 14.3. The number of carbonyl (C=O) groups is 6. The largest absolute Gasteiger partial charge is 0.417 e. The van der Waals surface area contributed by atoms with Crippen LogP contribution in [0.2, 0.25) is 0 Å². The van der Waals surface area contributed by atoms with Crippen LogP contribution in [0.5, 0.6) is 0 Å². The molecule has 1 aromatic carbocycles. The van der Waals surface area contributed by atoms with Crippen LogP contribution in [0.3, 0.4) is 0 Å². The Morgan fingerprint density at radius 1 is 0.840 bits per heavy atom. The van der Waals surface area contributed by atoms with E-state index in [1.54, 1.807) is 37.3 Å².